The molecule has 94 valence electrons. The maximum absolute atomic E-state index is 11.5. The van der Waals surface area contributed by atoms with E-state index in [0.29, 0.717) is 18.9 Å². The van der Waals surface area contributed by atoms with Crippen LogP contribution in [0.3, 0.4) is 0 Å². The van der Waals surface area contributed by atoms with Crippen LogP contribution in [0.2, 0.25) is 0 Å². The summed E-state index contributed by atoms with van der Waals surface area (Å²) < 4.78 is 0. The summed E-state index contributed by atoms with van der Waals surface area (Å²) in [6.45, 7) is 8.32. The van der Waals surface area contributed by atoms with E-state index in [1.807, 2.05) is 33.8 Å². The van der Waals surface area contributed by atoms with E-state index < -0.39 is 0 Å². The van der Waals surface area contributed by atoms with Crippen molar-refractivity contribution in [2.24, 2.45) is 0 Å². The summed E-state index contributed by atoms with van der Waals surface area (Å²) in [6, 6.07) is 1.83. The van der Waals surface area contributed by atoms with E-state index in [1.165, 1.54) is 0 Å². The van der Waals surface area contributed by atoms with Gasteiger partial charge in [-0.2, -0.15) is 0 Å². The molecule has 0 saturated carbocycles. The van der Waals surface area contributed by atoms with Crippen molar-refractivity contribution in [2.45, 2.75) is 39.7 Å². The smallest absolute Gasteiger partial charge is 0.222 e. The van der Waals surface area contributed by atoms with Crippen LogP contribution in [0.25, 0.3) is 0 Å². The van der Waals surface area contributed by atoms with Gasteiger partial charge in [0.15, 0.2) is 0 Å². The van der Waals surface area contributed by atoms with Gasteiger partial charge in [-0.15, -0.1) is 0 Å². The molecule has 2 N–H and O–H groups in total. The Hall–Kier alpha value is -1.65. The van der Waals surface area contributed by atoms with E-state index in [-0.39, 0.29) is 11.4 Å². The lowest BCUT2D eigenvalue weighted by molar-refractivity contribution is -0.122. The molecule has 5 nitrogen and oxygen atoms in total. The molecule has 0 saturated heterocycles. The second-order valence-corrected chi connectivity index (χ2v) is 5.00. The number of nitrogens with one attached hydrogen (secondary N) is 2. The number of anilines is 1. The van der Waals surface area contributed by atoms with Gasteiger partial charge in [0.05, 0.1) is 0 Å². The summed E-state index contributed by atoms with van der Waals surface area (Å²) in [7, 11) is 0. The van der Waals surface area contributed by atoms with Crippen LogP contribution in [-0.4, -0.2) is 28.0 Å². The highest BCUT2D eigenvalue weighted by atomic mass is 16.1. The Morgan fingerprint density at radius 1 is 1.41 bits per heavy atom. The Balaban J connectivity index is 2.31. The third-order valence-electron chi connectivity index (χ3n) is 1.94. The number of carbonyl (C=O) groups excluding carboxylic acids is 1. The molecular weight excluding hydrogens is 216 g/mol. The van der Waals surface area contributed by atoms with Crippen LogP contribution < -0.4 is 10.6 Å². The number of amides is 1. The molecule has 0 aliphatic heterocycles. The zero-order chi connectivity index (χ0) is 12.9. The SMILES string of the molecule is Cc1ccnc(NCCC(=O)NC(C)(C)C)n1. The van der Waals surface area contributed by atoms with Crippen LogP contribution in [0.5, 0.6) is 0 Å². The minimum Gasteiger partial charge on any atom is -0.354 e. The lowest BCUT2D eigenvalue weighted by atomic mass is 10.1. The molecule has 1 rings (SSSR count). The quantitative estimate of drug-likeness (QED) is 0.831. The fraction of sp³-hybridized carbons (Fsp3) is 0.583. The minimum atomic E-state index is -0.184. The zero-order valence-electron chi connectivity index (χ0n) is 10.9. The summed E-state index contributed by atoms with van der Waals surface area (Å²) in [5, 5.41) is 5.92. The number of hydrogen-bond donors (Lipinski definition) is 2. The number of aromatic nitrogens is 2. The maximum Gasteiger partial charge on any atom is 0.222 e. The predicted octanol–water partition coefficient (Wildman–Crippen LogP) is 1.50. The van der Waals surface area contributed by atoms with Crippen molar-refractivity contribution in [3.8, 4) is 0 Å². The van der Waals surface area contributed by atoms with Gasteiger partial charge in [-0.1, -0.05) is 0 Å². The van der Waals surface area contributed by atoms with Crippen molar-refractivity contribution >= 4 is 11.9 Å². The van der Waals surface area contributed by atoms with Gasteiger partial charge in [-0.05, 0) is 33.8 Å². The molecule has 0 aromatic carbocycles. The summed E-state index contributed by atoms with van der Waals surface area (Å²) in [4.78, 5) is 19.8. The first-order chi connectivity index (χ1) is 7.87. The lowest BCUT2D eigenvalue weighted by Crippen LogP contribution is -2.41. The number of rotatable bonds is 4. The largest absolute Gasteiger partial charge is 0.354 e. The van der Waals surface area contributed by atoms with Crippen molar-refractivity contribution in [3.63, 3.8) is 0 Å². The monoisotopic (exact) mass is 236 g/mol. The molecular formula is C12H20N4O. The Kier molecular flexibility index (Phi) is 4.43. The number of aryl methyl sites for hydroxylation is 1. The fourth-order valence-electron chi connectivity index (χ4n) is 1.30. The minimum absolute atomic E-state index is 0.0256. The first kappa shape index (κ1) is 13.4. The van der Waals surface area contributed by atoms with E-state index in [9.17, 15) is 4.79 Å². The number of carbonyl (C=O) groups is 1. The molecule has 0 bridgehead atoms. The Morgan fingerprint density at radius 3 is 2.71 bits per heavy atom. The second kappa shape index (κ2) is 5.61. The lowest BCUT2D eigenvalue weighted by Gasteiger charge is -2.20. The molecule has 0 radical (unpaired) electrons. The molecule has 17 heavy (non-hydrogen) atoms. The highest BCUT2D eigenvalue weighted by Gasteiger charge is 2.12. The van der Waals surface area contributed by atoms with Gasteiger partial charge < -0.3 is 10.6 Å². The third kappa shape index (κ3) is 5.85. The normalized spacial score (nSPS) is 11.1. The maximum atomic E-state index is 11.5. The van der Waals surface area contributed by atoms with Gasteiger partial charge in [0.1, 0.15) is 0 Å². The van der Waals surface area contributed by atoms with Crippen LogP contribution in [0.1, 0.15) is 32.9 Å². The van der Waals surface area contributed by atoms with E-state index in [0.717, 1.165) is 5.69 Å². The van der Waals surface area contributed by atoms with Gasteiger partial charge in [-0.25, -0.2) is 9.97 Å². The van der Waals surface area contributed by atoms with E-state index in [1.54, 1.807) is 6.20 Å². The second-order valence-electron chi connectivity index (χ2n) is 5.00. The molecule has 0 atom stereocenters. The summed E-state index contributed by atoms with van der Waals surface area (Å²) in [5.74, 6) is 0.589. The molecule has 0 spiro atoms. The van der Waals surface area contributed by atoms with Crippen molar-refractivity contribution in [1.82, 2.24) is 15.3 Å². The fourth-order valence-corrected chi connectivity index (χ4v) is 1.30. The van der Waals surface area contributed by atoms with Crippen LogP contribution in [-0.2, 0) is 4.79 Å². The topological polar surface area (TPSA) is 66.9 Å². The molecule has 0 aliphatic rings. The van der Waals surface area contributed by atoms with Crippen LogP contribution >= 0.6 is 0 Å². The predicted molar refractivity (Wildman–Crippen MR) is 67.8 cm³/mol. The standard InChI is InChI=1S/C12H20N4O/c1-9-5-7-13-11(15-9)14-8-6-10(17)16-12(2,3)4/h5,7H,6,8H2,1-4H3,(H,16,17)(H,13,14,15). The van der Waals surface area contributed by atoms with E-state index >= 15 is 0 Å². The van der Waals surface area contributed by atoms with E-state index in [4.69, 9.17) is 0 Å². The van der Waals surface area contributed by atoms with Crippen molar-refractivity contribution < 1.29 is 4.79 Å². The Bertz CT molecular complexity index is 384. The number of nitrogens with zero attached hydrogens (tertiary/aromatic N) is 2. The summed E-state index contributed by atoms with van der Waals surface area (Å²) in [5.41, 5.74) is 0.721. The Morgan fingerprint density at radius 2 is 2.12 bits per heavy atom. The molecule has 0 fully saturated rings. The zero-order valence-corrected chi connectivity index (χ0v) is 10.9. The molecule has 1 aromatic rings. The van der Waals surface area contributed by atoms with E-state index in [2.05, 4.69) is 20.6 Å². The first-order valence-corrected chi connectivity index (χ1v) is 5.71. The molecule has 1 aromatic heterocycles. The third-order valence-corrected chi connectivity index (χ3v) is 1.94. The highest BCUT2D eigenvalue weighted by molar-refractivity contribution is 5.77. The Labute approximate surface area is 102 Å². The van der Waals surface area contributed by atoms with Gasteiger partial charge >= 0.3 is 0 Å². The van der Waals surface area contributed by atoms with Gasteiger partial charge in [0.2, 0.25) is 11.9 Å². The van der Waals surface area contributed by atoms with Crippen molar-refractivity contribution in [3.05, 3.63) is 18.0 Å². The average Bonchev–Trinajstić information content (AvgIpc) is 2.14. The first-order valence-electron chi connectivity index (χ1n) is 5.71. The van der Waals surface area contributed by atoms with Crippen LogP contribution in [0.15, 0.2) is 12.3 Å². The van der Waals surface area contributed by atoms with Crippen molar-refractivity contribution in [1.29, 1.82) is 0 Å². The van der Waals surface area contributed by atoms with Gasteiger partial charge in [-0.3, -0.25) is 4.79 Å². The number of hydrogen-bond acceptors (Lipinski definition) is 4. The molecule has 1 heterocycles. The molecule has 0 unspecified atom stereocenters. The molecule has 0 aliphatic carbocycles. The molecule has 1 amide bonds. The van der Waals surface area contributed by atoms with Gasteiger partial charge in [0, 0.05) is 30.4 Å². The average molecular weight is 236 g/mol. The summed E-state index contributed by atoms with van der Waals surface area (Å²) >= 11 is 0. The highest BCUT2D eigenvalue weighted by Crippen LogP contribution is 2.01. The van der Waals surface area contributed by atoms with Crippen LogP contribution in [0.4, 0.5) is 5.95 Å². The van der Waals surface area contributed by atoms with Gasteiger partial charge in [0.25, 0.3) is 0 Å². The van der Waals surface area contributed by atoms with Crippen LogP contribution in [0, 0.1) is 6.92 Å². The van der Waals surface area contributed by atoms with Crippen molar-refractivity contribution in [2.75, 3.05) is 11.9 Å². The molecule has 5 heteroatoms. The summed E-state index contributed by atoms with van der Waals surface area (Å²) in [6.07, 6.45) is 2.11.